The van der Waals surface area contributed by atoms with E-state index in [0.29, 0.717) is 6.04 Å². The van der Waals surface area contributed by atoms with Gasteiger partial charge in [-0.1, -0.05) is 0 Å². The number of imidazole rings is 1. The van der Waals surface area contributed by atoms with Crippen molar-refractivity contribution < 1.29 is 4.74 Å². The summed E-state index contributed by atoms with van der Waals surface area (Å²) >= 11 is 0. The maximum Gasteiger partial charge on any atom is 0.225 e. The normalized spacial score (nSPS) is 23.2. The van der Waals surface area contributed by atoms with Gasteiger partial charge >= 0.3 is 0 Å². The molecule has 2 aromatic heterocycles. The number of hydrogen-bond acceptors (Lipinski definition) is 6. The van der Waals surface area contributed by atoms with Crippen LogP contribution in [0.2, 0.25) is 0 Å². The van der Waals surface area contributed by atoms with Crippen molar-refractivity contribution in [2.45, 2.75) is 51.1 Å². The maximum absolute atomic E-state index is 5.42. The number of morpholine rings is 1. The van der Waals surface area contributed by atoms with Crippen LogP contribution < -0.4 is 4.90 Å². The number of ether oxygens (including phenoxy) is 1. The molecule has 0 aromatic carbocycles. The summed E-state index contributed by atoms with van der Waals surface area (Å²) in [6.07, 6.45) is 11.3. The molecule has 7 nitrogen and oxygen atoms in total. The quantitative estimate of drug-likeness (QED) is 0.808. The molecule has 0 unspecified atom stereocenters. The lowest BCUT2D eigenvalue weighted by Gasteiger charge is -2.27. The Balaban J connectivity index is 1.30. The van der Waals surface area contributed by atoms with Crippen molar-refractivity contribution in [3.63, 3.8) is 0 Å². The molecule has 0 spiro atoms. The van der Waals surface area contributed by atoms with Gasteiger partial charge in [0, 0.05) is 50.3 Å². The summed E-state index contributed by atoms with van der Waals surface area (Å²) in [5, 5.41) is 0. The average Bonchev–Trinajstić information content (AvgIpc) is 3.33. The number of likely N-dealkylation sites (tertiary alicyclic amines) is 1. The van der Waals surface area contributed by atoms with Gasteiger partial charge in [-0.2, -0.15) is 0 Å². The van der Waals surface area contributed by atoms with E-state index < -0.39 is 0 Å². The molecule has 0 saturated carbocycles. The molecular weight excluding hydrogens is 352 g/mol. The molecule has 0 bridgehead atoms. The Morgan fingerprint density at radius 1 is 1.04 bits per heavy atom. The Morgan fingerprint density at radius 3 is 2.61 bits per heavy atom. The van der Waals surface area contributed by atoms with Crippen LogP contribution in [0.4, 0.5) is 5.95 Å². The van der Waals surface area contributed by atoms with Crippen molar-refractivity contribution in [3.05, 3.63) is 35.2 Å². The smallest absolute Gasteiger partial charge is 0.225 e. The van der Waals surface area contributed by atoms with Crippen molar-refractivity contribution >= 4 is 5.95 Å². The van der Waals surface area contributed by atoms with E-state index in [1.807, 2.05) is 12.4 Å². The van der Waals surface area contributed by atoms with Gasteiger partial charge in [-0.25, -0.2) is 15.0 Å². The first-order chi connectivity index (χ1) is 13.8. The van der Waals surface area contributed by atoms with Crippen LogP contribution >= 0.6 is 0 Å². The van der Waals surface area contributed by atoms with Gasteiger partial charge in [-0.05, 0) is 45.1 Å². The fourth-order valence-electron chi connectivity index (χ4n) is 4.90. The first kappa shape index (κ1) is 18.1. The van der Waals surface area contributed by atoms with E-state index in [2.05, 4.69) is 31.4 Å². The number of nitrogens with zero attached hydrogens (tertiary/aromatic N) is 6. The number of aryl methyl sites for hydroxylation is 1. The zero-order valence-corrected chi connectivity index (χ0v) is 16.8. The largest absolute Gasteiger partial charge is 0.378 e. The molecule has 3 aliphatic rings. The predicted octanol–water partition coefficient (Wildman–Crippen LogP) is 2.26. The Hall–Kier alpha value is -1.99. The molecule has 28 heavy (non-hydrogen) atoms. The zero-order valence-electron chi connectivity index (χ0n) is 16.8. The van der Waals surface area contributed by atoms with Crippen molar-refractivity contribution in [1.82, 2.24) is 24.4 Å². The summed E-state index contributed by atoms with van der Waals surface area (Å²) in [6, 6.07) is 0.412. The number of aromatic nitrogens is 4. The number of anilines is 1. The molecule has 0 N–H and O–H groups in total. The predicted molar refractivity (Wildman–Crippen MR) is 107 cm³/mol. The SMILES string of the molecule is Cn1c([C@@H]2CCCN2Cc2cnc(N3CCOCC3)nc2)nc2c1CCCC2. The van der Waals surface area contributed by atoms with E-state index in [9.17, 15) is 0 Å². The van der Waals surface area contributed by atoms with Crippen LogP contribution in [0.15, 0.2) is 12.4 Å². The molecule has 2 aromatic rings. The molecule has 2 fully saturated rings. The highest BCUT2D eigenvalue weighted by molar-refractivity contribution is 5.30. The van der Waals surface area contributed by atoms with Gasteiger partial charge in [0.15, 0.2) is 0 Å². The molecule has 1 atom stereocenters. The summed E-state index contributed by atoms with van der Waals surface area (Å²) in [7, 11) is 2.21. The highest BCUT2D eigenvalue weighted by atomic mass is 16.5. The van der Waals surface area contributed by atoms with Crippen LogP contribution in [0.1, 0.15) is 54.5 Å². The summed E-state index contributed by atoms with van der Waals surface area (Å²) in [4.78, 5) is 19.1. The number of fused-ring (bicyclic) bond motifs is 1. The molecule has 7 heteroatoms. The summed E-state index contributed by atoms with van der Waals surface area (Å²) in [5.41, 5.74) is 3.99. The van der Waals surface area contributed by atoms with Gasteiger partial charge in [-0.3, -0.25) is 4.90 Å². The Kier molecular flexibility index (Phi) is 5.03. The highest BCUT2D eigenvalue weighted by Crippen LogP contribution is 2.34. The van der Waals surface area contributed by atoms with Crippen LogP contribution in [0.5, 0.6) is 0 Å². The van der Waals surface area contributed by atoms with Gasteiger partial charge < -0.3 is 14.2 Å². The van der Waals surface area contributed by atoms with Crippen LogP contribution in [0.3, 0.4) is 0 Å². The van der Waals surface area contributed by atoms with Gasteiger partial charge in [0.1, 0.15) is 5.82 Å². The third kappa shape index (κ3) is 3.42. The van der Waals surface area contributed by atoms with Crippen LogP contribution in [-0.4, -0.2) is 57.3 Å². The van der Waals surface area contributed by atoms with Gasteiger partial charge in [0.05, 0.1) is 24.9 Å². The zero-order chi connectivity index (χ0) is 18.9. The van der Waals surface area contributed by atoms with Crippen LogP contribution in [0, 0.1) is 0 Å². The first-order valence-electron chi connectivity index (χ1n) is 10.7. The fourth-order valence-corrected chi connectivity index (χ4v) is 4.90. The summed E-state index contributed by atoms with van der Waals surface area (Å²) in [5.74, 6) is 2.08. The first-order valence-corrected chi connectivity index (χ1v) is 10.7. The van der Waals surface area contributed by atoms with E-state index in [1.165, 1.54) is 54.9 Å². The molecule has 0 amide bonds. The third-order valence-electron chi connectivity index (χ3n) is 6.44. The second-order valence-corrected chi connectivity index (χ2v) is 8.25. The van der Waals surface area contributed by atoms with Crippen molar-refractivity contribution in [2.75, 3.05) is 37.7 Å². The molecule has 4 heterocycles. The second kappa shape index (κ2) is 7.79. The van der Waals surface area contributed by atoms with Crippen LogP contribution in [-0.2, 0) is 31.2 Å². The van der Waals surface area contributed by atoms with Gasteiger partial charge in [0.2, 0.25) is 5.95 Å². The van der Waals surface area contributed by atoms with E-state index in [-0.39, 0.29) is 0 Å². The van der Waals surface area contributed by atoms with E-state index in [0.717, 1.165) is 51.8 Å². The van der Waals surface area contributed by atoms with Crippen molar-refractivity contribution in [2.24, 2.45) is 7.05 Å². The molecule has 2 aliphatic heterocycles. The van der Waals surface area contributed by atoms with E-state index in [1.54, 1.807) is 0 Å². The molecule has 2 saturated heterocycles. The molecule has 150 valence electrons. The molecule has 0 radical (unpaired) electrons. The number of rotatable bonds is 4. The van der Waals surface area contributed by atoms with Crippen molar-refractivity contribution in [3.8, 4) is 0 Å². The minimum atomic E-state index is 0.412. The summed E-state index contributed by atoms with van der Waals surface area (Å²) in [6.45, 7) is 5.27. The highest BCUT2D eigenvalue weighted by Gasteiger charge is 2.31. The second-order valence-electron chi connectivity index (χ2n) is 8.25. The van der Waals surface area contributed by atoms with Crippen LogP contribution in [0.25, 0.3) is 0 Å². The Morgan fingerprint density at radius 2 is 1.82 bits per heavy atom. The Labute approximate surface area is 166 Å². The molecule has 5 rings (SSSR count). The topological polar surface area (TPSA) is 59.3 Å². The lowest BCUT2D eigenvalue weighted by Crippen LogP contribution is -2.37. The van der Waals surface area contributed by atoms with Crippen molar-refractivity contribution in [1.29, 1.82) is 0 Å². The van der Waals surface area contributed by atoms with Gasteiger partial charge in [0.25, 0.3) is 0 Å². The van der Waals surface area contributed by atoms with E-state index >= 15 is 0 Å². The summed E-state index contributed by atoms with van der Waals surface area (Å²) < 4.78 is 7.80. The lowest BCUT2D eigenvalue weighted by molar-refractivity contribution is 0.122. The van der Waals surface area contributed by atoms with E-state index in [4.69, 9.17) is 9.72 Å². The fraction of sp³-hybridized carbons (Fsp3) is 0.667. The minimum Gasteiger partial charge on any atom is -0.378 e. The molecule has 1 aliphatic carbocycles. The third-order valence-corrected chi connectivity index (χ3v) is 6.44. The monoisotopic (exact) mass is 382 g/mol. The average molecular weight is 383 g/mol. The molecular formula is C21H30N6O. The Bertz CT molecular complexity index is 811. The standard InChI is InChI=1S/C21H30N6O/c1-25-18-6-3-2-5-17(18)24-20(25)19-7-4-8-27(19)15-16-13-22-21(23-14-16)26-9-11-28-12-10-26/h13-14,19H,2-12,15H2,1H3/t19-/m0/s1. The number of hydrogen-bond donors (Lipinski definition) is 0. The van der Waals surface area contributed by atoms with Gasteiger partial charge in [-0.15, -0.1) is 0 Å². The lowest BCUT2D eigenvalue weighted by atomic mass is 10.0. The maximum atomic E-state index is 5.42. The minimum absolute atomic E-state index is 0.412.